The lowest BCUT2D eigenvalue weighted by Gasteiger charge is -2.34. The maximum atomic E-state index is 12.8. The first-order valence-electron chi connectivity index (χ1n) is 8.98. The number of amides is 1. The van der Waals surface area contributed by atoms with Crippen molar-refractivity contribution in [2.75, 3.05) is 19.6 Å². The smallest absolute Gasteiger partial charge is 0.272 e. The van der Waals surface area contributed by atoms with Crippen molar-refractivity contribution in [3.63, 3.8) is 0 Å². The summed E-state index contributed by atoms with van der Waals surface area (Å²) in [6.45, 7) is 5.18. The lowest BCUT2D eigenvalue weighted by atomic mass is 9.95. The average molecular weight is 341 g/mol. The van der Waals surface area contributed by atoms with Gasteiger partial charge in [-0.1, -0.05) is 13.0 Å². The van der Waals surface area contributed by atoms with Crippen LogP contribution >= 0.6 is 0 Å². The Kier molecular flexibility index (Phi) is 4.48. The minimum atomic E-state index is 0.0328. The first-order valence-corrected chi connectivity index (χ1v) is 8.98. The topological polar surface area (TPSA) is 75.4 Å². The van der Waals surface area contributed by atoms with E-state index in [1.807, 2.05) is 24.0 Å². The Bertz CT molecular complexity index is 732. The van der Waals surface area contributed by atoms with Gasteiger partial charge in [-0.3, -0.25) is 14.7 Å². The highest BCUT2D eigenvalue weighted by Gasteiger charge is 2.37. The van der Waals surface area contributed by atoms with Gasteiger partial charge in [0.15, 0.2) is 0 Å². The summed E-state index contributed by atoms with van der Waals surface area (Å²) >= 11 is 0. The Labute approximate surface area is 147 Å². The SMILES string of the molecule is CCc1nnc(CN2C[C@H]3CC[C@@H]2CN(C(=O)c2ccccn2)C3)o1. The molecule has 0 saturated carbocycles. The summed E-state index contributed by atoms with van der Waals surface area (Å²) < 4.78 is 5.67. The summed E-state index contributed by atoms with van der Waals surface area (Å²) in [7, 11) is 0. The van der Waals surface area contributed by atoms with Crippen LogP contribution in [0.2, 0.25) is 0 Å². The van der Waals surface area contributed by atoms with E-state index in [0.717, 1.165) is 38.9 Å². The molecule has 0 aliphatic carbocycles. The highest BCUT2D eigenvalue weighted by molar-refractivity contribution is 5.92. The minimum absolute atomic E-state index is 0.0328. The molecule has 0 radical (unpaired) electrons. The van der Waals surface area contributed by atoms with Crippen molar-refractivity contribution >= 4 is 5.91 Å². The van der Waals surface area contributed by atoms with Crippen LogP contribution in [0, 0.1) is 5.92 Å². The normalized spacial score (nSPS) is 23.6. The third kappa shape index (κ3) is 3.42. The molecule has 5 rings (SSSR count). The number of rotatable bonds is 4. The van der Waals surface area contributed by atoms with E-state index >= 15 is 0 Å². The van der Waals surface area contributed by atoms with Gasteiger partial charge in [-0.05, 0) is 30.9 Å². The van der Waals surface area contributed by atoms with Crippen molar-refractivity contribution in [2.24, 2.45) is 5.92 Å². The number of carbonyl (C=O) groups is 1. The molecule has 5 heterocycles. The number of carbonyl (C=O) groups excluding carboxylic acids is 1. The molecule has 3 aliphatic rings. The predicted octanol–water partition coefficient (Wildman–Crippen LogP) is 1.76. The number of aryl methyl sites for hydroxylation is 1. The second-order valence-electron chi connectivity index (χ2n) is 6.89. The number of pyridine rings is 1. The number of fused-ring (bicyclic) bond motifs is 4. The monoisotopic (exact) mass is 341 g/mol. The molecular weight excluding hydrogens is 318 g/mol. The van der Waals surface area contributed by atoms with Crippen molar-refractivity contribution in [3.8, 4) is 0 Å². The van der Waals surface area contributed by atoms with Crippen molar-refractivity contribution in [2.45, 2.75) is 38.8 Å². The van der Waals surface area contributed by atoms with Crippen molar-refractivity contribution < 1.29 is 9.21 Å². The summed E-state index contributed by atoms with van der Waals surface area (Å²) in [4.78, 5) is 21.4. The molecule has 3 fully saturated rings. The van der Waals surface area contributed by atoms with Crippen LogP contribution in [0.4, 0.5) is 0 Å². The zero-order chi connectivity index (χ0) is 17.2. The molecule has 2 aromatic heterocycles. The molecule has 2 aromatic rings. The molecule has 3 aliphatic heterocycles. The van der Waals surface area contributed by atoms with Gasteiger partial charge in [0.25, 0.3) is 5.91 Å². The Balaban J connectivity index is 1.47. The first-order chi connectivity index (χ1) is 12.2. The van der Waals surface area contributed by atoms with E-state index in [4.69, 9.17) is 4.42 Å². The van der Waals surface area contributed by atoms with E-state index in [9.17, 15) is 4.79 Å². The average Bonchev–Trinajstić information content (AvgIpc) is 2.91. The van der Waals surface area contributed by atoms with Gasteiger partial charge >= 0.3 is 0 Å². The Morgan fingerprint density at radius 2 is 2.08 bits per heavy atom. The lowest BCUT2D eigenvalue weighted by molar-refractivity contribution is 0.0727. The molecule has 0 spiro atoms. The molecule has 0 unspecified atom stereocenters. The second kappa shape index (κ2) is 6.92. The molecule has 1 amide bonds. The largest absolute Gasteiger partial charge is 0.424 e. The number of piperidine rings is 1. The van der Waals surface area contributed by atoms with Gasteiger partial charge in [0, 0.05) is 38.3 Å². The summed E-state index contributed by atoms with van der Waals surface area (Å²) in [5.41, 5.74) is 0.528. The van der Waals surface area contributed by atoms with Crippen LogP contribution in [0.25, 0.3) is 0 Å². The van der Waals surface area contributed by atoms with Gasteiger partial charge in [0.2, 0.25) is 11.8 Å². The first kappa shape index (κ1) is 16.2. The van der Waals surface area contributed by atoms with Gasteiger partial charge in [-0.2, -0.15) is 0 Å². The van der Waals surface area contributed by atoms with E-state index in [0.29, 0.717) is 36.0 Å². The number of aromatic nitrogens is 3. The van der Waals surface area contributed by atoms with Crippen LogP contribution in [0.1, 0.15) is 42.0 Å². The van der Waals surface area contributed by atoms with Crippen molar-refractivity contribution in [3.05, 3.63) is 41.9 Å². The summed E-state index contributed by atoms with van der Waals surface area (Å²) in [6.07, 6.45) is 4.70. The molecule has 2 atom stereocenters. The van der Waals surface area contributed by atoms with Crippen molar-refractivity contribution in [1.82, 2.24) is 25.0 Å². The van der Waals surface area contributed by atoms with E-state index in [1.165, 1.54) is 0 Å². The predicted molar refractivity (Wildman–Crippen MR) is 90.7 cm³/mol. The van der Waals surface area contributed by atoms with Gasteiger partial charge in [0.1, 0.15) is 5.69 Å². The van der Waals surface area contributed by atoms with Crippen LogP contribution in [-0.4, -0.2) is 56.6 Å². The molecular formula is C18H23N5O2. The second-order valence-corrected chi connectivity index (χ2v) is 6.89. The Morgan fingerprint density at radius 1 is 1.20 bits per heavy atom. The van der Waals surface area contributed by atoms with Crippen LogP contribution < -0.4 is 0 Å². The van der Waals surface area contributed by atoms with E-state index < -0.39 is 0 Å². The Hall–Kier alpha value is -2.28. The van der Waals surface area contributed by atoms with Crippen LogP contribution in [0.3, 0.4) is 0 Å². The van der Waals surface area contributed by atoms with Crippen LogP contribution in [0.15, 0.2) is 28.8 Å². The summed E-state index contributed by atoms with van der Waals surface area (Å²) in [5.74, 6) is 1.87. The molecule has 7 heteroatoms. The molecule has 0 N–H and O–H groups in total. The zero-order valence-corrected chi connectivity index (χ0v) is 14.5. The molecule has 3 saturated heterocycles. The number of nitrogens with zero attached hydrogens (tertiary/aromatic N) is 5. The zero-order valence-electron chi connectivity index (χ0n) is 14.5. The standard InChI is InChI=1S/C18H23N5O2/c1-2-16-20-21-17(25-16)12-22-9-13-6-7-14(22)11-23(10-13)18(24)15-5-3-4-8-19-15/h3-5,8,13-14H,2,6-7,9-12H2,1H3/t13-,14-/m1/s1. The van der Waals surface area contributed by atoms with Crippen LogP contribution in [-0.2, 0) is 13.0 Å². The Morgan fingerprint density at radius 3 is 2.84 bits per heavy atom. The van der Waals surface area contributed by atoms with Gasteiger partial charge in [-0.25, -0.2) is 0 Å². The fraction of sp³-hybridized carbons (Fsp3) is 0.556. The molecule has 132 valence electrons. The summed E-state index contributed by atoms with van der Waals surface area (Å²) in [5, 5.41) is 8.20. The molecule has 2 bridgehead atoms. The van der Waals surface area contributed by atoms with Gasteiger partial charge in [-0.15, -0.1) is 10.2 Å². The molecule has 25 heavy (non-hydrogen) atoms. The lowest BCUT2D eigenvalue weighted by Crippen LogP contribution is -2.44. The van der Waals surface area contributed by atoms with Crippen LogP contribution in [0.5, 0.6) is 0 Å². The third-order valence-corrected chi connectivity index (χ3v) is 5.15. The van der Waals surface area contributed by atoms with Gasteiger partial charge in [0.05, 0.1) is 6.54 Å². The van der Waals surface area contributed by atoms with Crippen molar-refractivity contribution in [1.29, 1.82) is 0 Å². The minimum Gasteiger partial charge on any atom is -0.424 e. The maximum Gasteiger partial charge on any atom is 0.272 e. The van der Waals surface area contributed by atoms with Gasteiger partial charge < -0.3 is 9.32 Å². The fourth-order valence-corrected chi connectivity index (χ4v) is 3.86. The fourth-order valence-electron chi connectivity index (χ4n) is 3.86. The quantitative estimate of drug-likeness (QED) is 0.843. The summed E-state index contributed by atoms with van der Waals surface area (Å²) in [6, 6.07) is 5.82. The van der Waals surface area contributed by atoms with E-state index in [-0.39, 0.29) is 5.91 Å². The molecule has 7 nitrogen and oxygen atoms in total. The maximum absolute atomic E-state index is 12.8. The number of hydrogen-bond acceptors (Lipinski definition) is 6. The van der Waals surface area contributed by atoms with E-state index in [1.54, 1.807) is 12.3 Å². The highest BCUT2D eigenvalue weighted by atomic mass is 16.4. The van der Waals surface area contributed by atoms with E-state index in [2.05, 4.69) is 20.1 Å². The molecule has 0 aromatic carbocycles. The number of hydrogen-bond donors (Lipinski definition) is 0. The highest BCUT2D eigenvalue weighted by Crippen LogP contribution is 2.29. The third-order valence-electron chi connectivity index (χ3n) is 5.15.